The third-order valence-corrected chi connectivity index (χ3v) is 5.59. The lowest BCUT2D eigenvalue weighted by Crippen LogP contribution is -2.08. The Kier molecular flexibility index (Phi) is 4.18. The highest BCUT2D eigenvalue weighted by Gasteiger charge is 2.12. The number of aromatic amines is 1. The number of thiophene rings is 1. The summed E-state index contributed by atoms with van der Waals surface area (Å²) >= 11 is 2.92. The number of nitrogens with zero attached hydrogens (tertiary/aromatic N) is 2. The van der Waals surface area contributed by atoms with Gasteiger partial charge in [0.2, 0.25) is 0 Å². The Morgan fingerprint density at radius 2 is 2.00 bits per heavy atom. The van der Waals surface area contributed by atoms with Gasteiger partial charge in [0.15, 0.2) is 5.16 Å². The number of hydrogen-bond acceptors (Lipinski definition) is 6. The first-order valence-electron chi connectivity index (χ1n) is 6.82. The topological polar surface area (TPSA) is 88.9 Å². The Morgan fingerprint density at radius 1 is 1.30 bits per heavy atom. The van der Waals surface area contributed by atoms with Crippen molar-refractivity contribution in [1.82, 2.24) is 9.97 Å². The Hall–Kier alpha value is -2.19. The fraction of sp³-hybridized carbons (Fsp3) is 0.200. The zero-order chi connectivity index (χ0) is 16.6. The van der Waals surface area contributed by atoms with Crippen molar-refractivity contribution in [3.63, 3.8) is 0 Å². The van der Waals surface area contributed by atoms with Gasteiger partial charge >= 0.3 is 0 Å². The summed E-state index contributed by atoms with van der Waals surface area (Å²) in [7, 11) is 0. The molecule has 0 aliphatic rings. The molecule has 0 radical (unpaired) electrons. The molecule has 0 amide bonds. The van der Waals surface area contributed by atoms with Gasteiger partial charge in [-0.2, -0.15) is 0 Å². The van der Waals surface area contributed by atoms with Gasteiger partial charge < -0.3 is 4.98 Å². The lowest BCUT2D eigenvalue weighted by molar-refractivity contribution is -0.384. The number of aryl methyl sites for hydroxylation is 2. The van der Waals surface area contributed by atoms with Gasteiger partial charge in [-0.1, -0.05) is 23.9 Å². The number of rotatable bonds is 4. The van der Waals surface area contributed by atoms with E-state index in [9.17, 15) is 14.9 Å². The van der Waals surface area contributed by atoms with Gasteiger partial charge in [-0.25, -0.2) is 4.98 Å². The number of hydrogen-bond donors (Lipinski definition) is 1. The summed E-state index contributed by atoms with van der Waals surface area (Å²) in [6.07, 6.45) is 0. The molecule has 23 heavy (non-hydrogen) atoms. The van der Waals surface area contributed by atoms with Gasteiger partial charge in [-0.15, -0.1) is 11.3 Å². The lowest BCUT2D eigenvalue weighted by atomic mass is 10.2. The second-order valence-electron chi connectivity index (χ2n) is 5.05. The number of non-ortho nitro benzene ring substituents is 1. The molecule has 0 bridgehead atoms. The van der Waals surface area contributed by atoms with E-state index >= 15 is 0 Å². The van der Waals surface area contributed by atoms with Gasteiger partial charge in [0.25, 0.3) is 11.2 Å². The summed E-state index contributed by atoms with van der Waals surface area (Å²) in [5, 5.41) is 11.9. The molecule has 3 aromatic rings. The maximum atomic E-state index is 12.2. The summed E-state index contributed by atoms with van der Waals surface area (Å²) < 4.78 is 0. The van der Waals surface area contributed by atoms with Crippen molar-refractivity contribution < 1.29 is 4.92 Å². The molecular weight excluding hydrogens is 334 g/mol. The highest BCUT2D eigenvalue weighted by atomic mass is 32.2. The summed E-state index contributed by atoms with van der Waals surface area (Å²) in [4.78, 5) is 31.5. The van der Waals surface area contributed by atoms with Crippen molar-refractivity contribution in [3.05, 3.63) is 60.7 Å². The van der Waals surface area contributed by atoms with E-state index in [1.54, 1.807) is 12.1 Å². The van der Waals surface area contributed by atoms with Gasteiger partial charge in [-0.05, 0) is 25.0 Å². The summed E-state index contributed by atoms with van der Waals surface area (Å²) in [6.45, 7) is 3.90. The third-order valence-electron chi connectivity index (χ3n) is 3.54. The van der Waals surface area contributed by atoms with Crippen LogP contribution >= 0.6 is 23.1 Å². The second kappa shape index (κ2) is 6.13. The minimum atomic E-state index is -0.425. The Labute approximate surface area is 139 Å². The molecule has 0 saturated carbocycles. The fourth-order valence-electron chi connectivity index (χ4n) is 2.17. The fourth-order valence-corrected chi connectivity index (χ4v) is 4.07. The Bertz CT molecular complexity index is 945. The number of fused-ring (bicyclic) bond motifs is 1. The molecule has 0 atom stereocenters. The number of nitro benzene ring substituents is 1. The highest BCUT2D eigenvalue weighted by molar-refractivity contribution is 7.98. The van der Waals surface area contributed by atoms with E-state index in [2.05, 4.69) is 9.97 Å². The quantitative estimate of drug-likeness (QED) is 0.335. The van der Waals surface area contributed by atoms with Crippen LogP contribution < -0.4 is 5.56 Å². The van der Waals surface area contributed by atoms with Crippen LogP contribution in [-0.2, 0) is 5.75 Å². The number of nitro groups is 1. The standard InChI is InChI=1S/C15H13N3O3S2/c1-8-9(2)23-14-12(8)13(19)16-15(17-14)22-7-10-3-5-11(6-4-10)18(20)21/h3-6H,7H2,1-2H3,(H,16,17,19). The Balaban J connectivity index is 1.82. The van der Waals surface area contributed by atoms with Crippen LogP contribution in [0.2, 0.25) is 0 Å². The molecular formula is C15H13N3O3S2. The zero-order valence-corrected chi connectivity index (χ0v) is 14.1. The van der Waals surface area contributed by atoms with E-state index in [1.165, 1.54) is 35.2 Å². The number of benzene rings is 1. The minimum absolute atomic E-state index is 0.0660. The third kappa shape index (κ3) is 3.13. The smallest absolute Gasteiger partial charge is 0.269 e. The molecule has 2 heterocycles. The molecule has 3 rings (SSSR count). The molecule has 8 heteroatoms. The molecule has 0 unspecified atom stereocenters. The van der Waals surface area contributed by atoms with Crippen molar-refractivity contribution in [2.75, 3.05) is 0 Å². The average Bonchev–Trinajstić information content (AvgIpc) is 2.80. The highest BCUT2D eigenvalue weighted by Crippen LogP contribution is 2.28. The van der Waals surface area contributed by atoms with Crippen LogP contribution in [0.1, 0.15) is 16.0 Å². The molecule has 0 aliphatic heterocycles. The first kappa shape index (κ1) is 15.7. The predicted octanol–water partition coefficient (Wildman–Crippen LogP) is 3.80. The number of nitrogens with one attached hydrogen (secondary N) is 1. The van der Waals surface area contributed by atoms with Crippen molar-refractivity contribution in [1.29, 1.82) is 0 Å². The molecule has 2 aromatic heterocycles. The number of H-pyrrole nitrogens is 1. The Morgan fingerprint density at radius 3 is 2.65 bits per heavy atom. The maximum Gasteiger partial charge on any atom is 0.269 e. The second-order valence-corrected chi connectivity index (χ2v) is 7.21. The normalized spacial score (nSPS) is 11.0. The zero-order valence-electron chi connectivity index (χ0n) is 12.5. The van der Waals surface area contributed by atoms with Crippen LogP contribution in [-0.4, -0.2) is 14.9 Å². The molecule has 0 spiro atoms. The molecule has 0 fully saturated rings. The first-order valence-corrected chi connectivity index (χ1v) is 8.62. The van der Waals surface area contributed by atoms with Crippen molar-refractivity contribution in [2.24, 2.45) is 0 Å². The summed E-state index contributed by atoms with van der Waals surface area (Å²) in [5.74, 6) is 0.579. The number of thioether (sulfide) groups is 1. The van der Waals surface area contributed by atoms with E-state index in [0.717, 1.165) is 20.8 Å². The van der Waals surface area contributed by atoms with Crippen LogP contribution in [0.3, 0.4) is 0 Å². The van der Waals surface area contributed by atoms with E-state index in [1.807, 2.05) is 13.8 Å². The van der Waals surface area contributed by atoms with Crippen LogP contribution in [0.15, 0.2) is 34.2 Å². The first-order chi connectivity index (χ1) is 11.0. The summed E-state index contributed by atoms with van der Waals surface area (Å²) in [5.41, 5.74) is 1.85. The van der Waals surface area contributed by atoms with Crippen LogP contribution in [0.4, 0.5) is 5.69 Å². The molecule has 118 valence electrons. The van der Waals surface area contributed by atoms with Gasteiger partial charge in [0.05, 0.1) is 10.3 Å². The molecule has 1 N–H and O–H groups in total. The maximum absolute atomic E-state index is 12.2. The van der Waals surface area contributed by atoms with Crippen LogP contribution in [0, 0.1) is 24.0 Å². The monoisotopic (exact) mass is 347 g/mol. The largest absolute Gasteiger partial charge is 0.301 e. The SMILES string of the molecule is Cc1sc2nc(SCc3ccc([N+](=O)[O-])cc3)[nH]c(=O)c2c1C. The molecule has 0 saturated heterocycles. The molecule has 6 nitrogen and oxygen atoms in total. The molecule has 0 aliphatic carbocycles. The van der Waals surface area contributed by atoms with E-state index in [4.69, 9.17) is 0 Å². The van der Waals surface area contributed by atoms with E-state index in [-0.39, 0.29) is 11.2 Å². The van der Waals surface area contributed by atoms with Crippen molar-refractivity contribution in [3.8, 4) is 0 Å². The van der Waals surface area contributed by atoms with Crippen molar-refractivity contribution in [2.45, 2.75) is 24.8 Å². The summed E-state index contributed by atoms with van der Waals surface area (Å²) in [6, 6.07) is 6.37. The average molecular weight is 347 g/mol. The van der Waals surface area contributed by atoms with Gasteiger partial charge in [-0.3, -0.25) is 14.9 Å². The van der Waals surface area contributed by atoms with Crippen molar-refractivity contribution >= 4 is 39.0 Å². The van der Waals surface area contributed by atoms with Gasteiger partial charge in [0, 0.05) is 22.8 Å². The van der Waals surface area contributed by atoms with E-state index in [0.29, 0.717) is 16.3 Å². The molecule has 1 aromatic carbocycles. The predicted molar refractivity (Wildman–Crippen MR) is 92.4 cm³/mol. The minimum Gasteiger partial charge on any atom is -0.301 e. The van der Waals surface area contributed by atoms with Crippen LogP contribution in [0.5, 0.6) is 0 Å². The van der Waals surface area contributed by atoms with Gasteiger partial charge in [0.1, 0.15) is 4.83 Å². The van der Waals surface area contributed by atoms with E-state index < -0.39 is 4.92 Å². The number of aromatic nitrogens is 2. The van der Waals surface area contributed by atoms with Crippen LogP contribution in [0.25, 0.3) is 10.2 Å². The lowest BCUT2D eigenvalue weighted by Gasteiger charge is -2.02.